The summed E-state index contributed by atoms with van der Waals surface area (Å²) in [5.41, 5.74) is 6.21. The summed E-state index contributed by atoms with van der Waals surface area (Å²) in [4.78, 5) is 4.23. The average molecular weight is 340 g/mol. The van der Waals surface area contributed by atoms with Gasteiger partial charge in [0.1, 0.15) is 12.0 Å². The Labute approximate surface area is 140 Å². The quantitative estimate of drug-likeness (QED) is 0.735. The topological polar surface area (TPSA) is 62.4 Å². The number of amidine groups is 1. The SMILES string of the molecule is CN.CN=C1NC(c2ccccc2C(F)(F)F)NC2=C1CCCC2. The van der Waals surface area contributed by atoms with E-state index in [2.05, 4.69) is 21.4 Å². The predicted octanol–water partition coefficient (Wildman–Crippen LogP) is 3.33. The van der Waals surface area contributed by atoms with Crippen LogP contribution < -0.4 is 16.4 Å². The first kappa shape index (κ1) is 18.3. The van der Waals surface area contributed by atoms with Gasteiger partial charge in [-0.2, -0.15) is 13.2 Å². The van der Waals surface area contributed by atoms with Gasteiger partial charge in [-0.15, -0.1) is 0 Å². The molecule has 4 nitrogen and oxygen atoms in total. The van der Waals surface area contributed by atoms with Crippen LogP contribution in [-0.2, 0) is 6.18 Å². The molecule has 132 valence electrons. The molecule has 0 spiro atoms. The molecule has 0 fully saturated rings. The predicted molar refractivity (Wildman–Crippen MR) is 89.4 cm³/mol. The molecule has 0 saturated carbocycles. The number of aliphatic imine (C=N–C) groups is 1. The Bertz CT molecular complexity index is 635. The van der Waals surface area contributed by atoms with Crippen molar-refractivity contribution in [3.8, 4) is 0 Å². The average Bonchev–Trinajstić information content (AvgIpc) is 2.61. The van der Waals surface area contributed by atoms with Gasteiger partial charge in [-0.3, -0.25) is 4.99 Å². The molecule has 1 aromatic carbocycles. The highest BCUT2D eigenvalue weighted by molar-refractivity contribution is 6.00. The van der Waals surface area contributed by atoms with Gasteiger partial charge < -0.3 is 16.4 Å². The second-order valence-corrected chi connectivity index (χ2v) is 5.54. The van der Waals surface area contributed by atoms with Crippen LogP contribution >= 0.6 is 0 Å². The molecule has 1 aliphatic heterocycles. The third kappa shape index (κ3) is 3.72. The van der Waals surface area contributed by atoms with Crippen molar-refractivity contribution in [1.82, 2.24) is 10.6 Å². The molecule has 3 rings (SSSR count). The minimum atomic E-state index is -4.37. The van der Waals surface area contributed by atoms with Gasteiger partial charge >= 0.3 is 6.18 Å². The summed E-state index contributed by atoms with van der Waals surface area (Å²) in [5.74, 6) is 0.704. The fourth-order valence-electron chi connectivity index (χ4n) is 3.12. The number of hydrogen-bond acceptors (Lipinski definition) is 3. The monoisotopic (exact) mass is 340 g/mol. The van der Waals surface area contributed by atoms with Gasteiger partial charge in [0.15, 0.2) is 0 Å². The number of halogens is 3. The van der Waals surface area contributed by atoms with E-state index in [1.165, 1.54) is 19.2 Å². The van der Waals surface area contributed by atoms with Crippen molar-refractivity contribution < 1.29 is 13.2 Å². The number of nitrogens with two attached hydrogens (primary N) is 1. The van der Waals surface area contributed by atoms with Gasteiger partial charge in [-0.1, -0.05) is 18.2 Å². The smallest absolute Gasteiger partial charge is 0.365 e. The molecule has 2 aliphatic rings. The summed E-state index contributed by atoms with van der Waals surface area (Å²) >= 11 is 0. The number of rotatable bonds is 1. The highest BCUT2D eigenvalue weighted by Gasteiger charge is 2.37. The summed E-state index contributed by atoms with van der Waals surface area (Å²) in [7, 11) is 3.17. The highest BCUT2D eigenvalue weighted by Crippen LogP contribution is 2.36. The molecule has 4 N–H and O–H groups in total. The van der Waals surface area contributed by atoms with Crippen molar-refractivity contribution >= 4 is 5.84 Å². The third-order valence-corrected chi connectivity index (χ3v) is 4.15. The van der Waals surface area contributed by atoms with E-state index < -0.39 is 17.9 Å². The first-order chi connectivity index (χ1) is 11.5. The maximum absolute atomic E-state index is 13.2. The summed E-state index contributed by atoms with van der Waals surface area (Å²) in [5, 5.41) is 6.35. The zero-order valence-corrected chi connectivity index (χ0v) is 13.9. The fraction of sp³-hybridized carbons (Fsp3) is 0.471. The molecule has 1 aromatic rings. The Balaban J connectivity index is 0.00000100. The lowest BCUT2D eigenvalue weighted by Crippen LogP contribution is -2.45. The van der Waals surface area contributed by atoms with Crippen LogP contribution in [0, 0.1) is 0 Å². The molecule has 24 heavy (non-hydrogen) atoms. The molecule has 1 aliphatic carbocycles. The summed E-state index contributed by atoms with van der Waals surface area (Å²) in [6, 6.07) is 5.66. The second kappa shape index (κ2) is 7.70. The van der Waals surface area contributed by atoms with Crippen LogP contribution in [0.4, 0.5) is 13.2 Å². The van der Waals surface area contributed by atoms with E-state index in [0.717, 1.165) is 43.0 Å². The Morgan fingerprint density at radius 3 is 2.42 bits per heavy atom. The van der Waals surface area contributed by atoms with Crippen LogP contribution in [0.25, 0.3) is 0 Å². The normalized spacial score (nSPS) is 22.1. The van der Waals surface area contributed by atoms with Crippen molar-refractivity contribution in [2.45, 2.75) is 38.0 Å². The van der Waals surface area contributed by atoms with Crippen LogP contribution in [-0.4, -0.2) is 19.9 Å². The van der Waals surface area contributed by atoms with E-state index in [0.29, 0.717) is 5.84 Å². The third-order valence-electron chi connectivity index (χ3n) is 4.15. The van der Waals surface area contributed by atoms with E-state index in [1.807, 2.05) is 0 Å². The van der Waals surface area contributed by atoms with E-state index in [4.69, 9.17) is 0 Å². The number of benzene rings is 1. The summed E-state index contributed by atoms with van der Waals surface area (Å²) in [6.07, 6.45) is -1.06. The van der Waals surface area contributed by atoms with Crippen LogP contribution in [0.1, 0.15) is 43.0 Å². The molecule has 1 heterocycles. The van der Waals surface area contributed by atoms with Crippen LogP contribution in [0.5, 0.6) is 0 Å². The fourth-order valence-corrected chi connectivity index (χ4v) is 3.12. The van der Waals surface area contributed by atoms with E-state index in [-0.39, 0.29) is 5.56 Å². The van der Waals surface area contributed by atoms with Crippen molar-refractivity contribution in [2.75, 3.05) is 14.1 Å². The van der Waals surface area contributed by atoms with E-state index in [1.54, 1.807) is 13.1 Å². The molecule has 0 amide bonds. The molecule has 0 saturated heterocycles. The molecule has 0 bridgehead atoms. The van der Waals surface area contributed by atoms with Gasteiger partial charge in [-0.05, 0) is 38.8 Å². The maximum Gasteiger partial charge on any atom is 0.416 e. The Morgan fingerprint density at radius 2 is 1.75 bits per heavy atom. The molecule has 7 heteroatoms. The maximum atomic E-state index is 13.2. The number of hydrogen-bond donors (Lipinski definition) is 3. The molecular formula is C17H23F3N4. The van der Waals surface area contributed by atoms with Crippen molar-refractivity contribution in [3.63, 3.8) is 0 Å². The molecule has 0 aromatic heterocycles. The number of alkyl halides is 3. The van der Waals surface area contributed by atoms with Gasteiger partial charge in [-0.25, -0.2) is 0 Å². The lowest BCUT2D eigenvalue weighted by Gasteiger charge is -2.35. The van der Waals surface area contributed by atoms with Gasteiger partial charge in [0.25, 0.3) is 0 Å². The van der Waals surface area contributed by atoms with Crippen LogP contribution in [0.2, 0.25) is 0 Å². The molecule has 0 radical (unpaired) electrons. The summed E-state index contributed by atoms with van der Waals surface area (Å²) < 4.78 is 39.7. The number of nitrogens with one attached hydrogen (secondary N) is 2. The molecule has 1 atom stereocenters. The first-order valence-electron chi connectivity index (χ1n) is 7.97. The summed E-state index contributed by atoms with van der Waals surface area (Å²) in [6.45, 7) is 0. The van der Waals surface area contributed by atoms with Crippen molar-refractivity contribution in [1.29, 1.82) is 0 Å². The van der Waals surface area contributed by atoms with Crippen molar-refractivity contribution in [2.24, 2.45) is 10.7 Å². The molecule has 1 unspecified atom stereocenters. The Kier molecular flexibility index (Phi) is 5.88. The largest absolute Gasteiger partial charge is 0.416 e. The zero-order valence-electron chi connectivity index (χ0n) is 13.9. The van der Waals surface area contributed by atoms with E-state index >= 15 is 0 Å². The highest BCUT2D eigenvalue weighted by atomic mass is 19.4. The minimum Gasteiger partial charge on any atom is -0.365 e. The first-order valence-corrected chi connectivity index (χ1v) is 7.97. The van der Waals surface area contributed by atoms with Gasteiger partial charge in [0, 0.05) is 23.9 Å². The van der Waals surface area contributed by atoms with Crippen LogP contribution in [0.3, 0.4) is 0 Å². The van der Waals surface area contributed by atoms with Gasteiger partial charge in [0.05, 0.1) is 5.56 Å². The van der Waals surface area contributed by atoms with Crippen LogP contribution in [0.15, 0.2) is 40.5 Å². The zero-order chi connectivity index (χ0) is 17.7. The Hall–Kier alpha value is -2.02. The number of nitrogens with zero attached hydrogens (tertiary/aromatic N) is 1. The lowest BCUT2D eigenvalue weighted by atomic mass is 9.92. The Morgan fingerprint density at radius 1 is 1.08 bits per heavy atom. The minimum absolute atomic E-state index is 0.202. The van der Waals surface area contributed by atoms with Crippen molar-refractivity contribution in [3.05, 3.63) is 46.7 Å². The second-order valence-electron chi connectivity index (χ2n) is 5.54. The van der Waals surface area contributed by atoms with E-state index in [9.17, 15) is 13.2 Å². The number of allylic oxidation sites excluding steroid dienone is 1. The van der Waals surface area contributed by atoms with Gasteiger partial charge in [0.2, 0.25) is 0 Å². The molecular weight excluding hydrogens is 317 g/mol. The lowest BCUT2D eigenvalue weighted by molar-refractivity contribution is -0.138. The standard InChI is InChI=1S/C16H18F3N3.CH5N/c1-20-14-11-7-3-5-9-13(11)21-15(22-14)10-6-2-4-8-12(10)16(17,18)19;1-2/h2,4,6,8,15,21H,3,5,7,9H2,1H3,(H,20,22);2H2,1H3.